The summed E-state index contributed by atoms with van der Waals surface area (Å²) in [5.41, 5.74) is 6.06. The Bertz CT molecular complexity index is 119. The van der Waals surface area contributed by atoms with Crippen LogP contribution in [-0.2, 0) is 0 Å². The second kappa shape index (κ2) is 2.82. The standard InChI is InChI=1S/C6H13N3/c1-3-5-7-6(4-2)9-8-5/h5,8H,3-4H2,1-2H3,(H,7,9). The van der Waals surface area contributed by atoms with Crippen LogP contribution in [0.5, 0.6) is 0 Å². The molecule has 9 heavy (non-hydrogen) atoms. The predicted octanol–water partition coefficient (Wildman–Crippen LogP) is 0.639. The normalized spacial score (nSPS) is 25.6. The molecule has 0 aromatic rings. The first-order valence-corrected chi connectivity index (χ1v) is 3.45. The number of amidine groups is 1. The van der Waals surface area contributed by atoms with E-state index < -0.39 is 0 Å². The second-order valence-corrected chi connectivity index (χ2v) is 2.12. The van der Waals surface area contributed by atoms with Gasteiger partial charge in [0, 0.05) is 6.42 Å². The lowest BCUT2D eigenvalue weighted by Crippen LogP contribution is -2.34. The molecule has 0 bridgehead atoms. The van der Waals surface area contributed by atoms with Gasteiger partial charge in [0.05, 0.1) is 0 Å². The summed E-state index contributed by atoms with van der Waals surface area (Å²) in [6, 6.07) is 0. The Balaban J connectivity index is 2.40. The Labute approximate surface area is 55.5 Å². The molecule has 1 atom stereocenters. The first-order valence-electron chi connectivity index (χ1n) is 3.45. The fourth-order valence-electron chi connectivity index (χ4n) is 0.792. The third-order valence-electron chi connectivity index (χ3n) is 1.42. The van der Waals surface area contributed by atoms with Crippen LogP contribution in [0.4, 0.5) is 0 Å². The molecule has 0 amide bonds. The van der Waals surface area contributed by atoms with Gasteiger partial charge in [0.25, 0.3) is 0 Å². The number of hydrogen-bond donors (Lipinski definition) is 2. The van der Waals surface area contributed by atoms with Gasteiger partial charge in [-0.15, -0.1) is 0 Å². The first kappa shape index (κ1) is 6.55. The van der Waals surface area contributed by atoms with Crippen molar-refractivity contribution in [3.63, 3.8) is 0 Å². The van der Waals surface area contributed by atoms with Gasteiger partial charge in [-0.3, -0.25) is 4.99 Å². The molecule has 1 rings (SSSR count). The quantitative estimate of drug-likeness (QED) is 0.571. The van der Waals surface area contributed by atoms with E-state index in [9.17, 15) is 0 Å². The Morgan fingerprint density at radius 2 is 2.33 bits per heavy atom. The van der Waals surface area contributed by atoms with Crippen LogP contribution in [0.2, 0.25) is 0 Å². The summed E-state index contributed by atoms with van der Waals surface area (Å²) in [5, 5.41) is 0. The third-order valence-corrected chi connectivity index (χ3v) is 1.42. The van der Waals surface area contributed by atoms with Crippen molar-refractivity contribution in [2.45, 2.75) is 32.9 Å². The molecule has 1 heterocycles. The minimum Gasteiger partial charge on any atom is -0.308 e. The number of hydrogen-bond acceptors (Lipinski definition) is 3. The van der Waals surface area contributed by atoms with E-state index in [1.54, 1.807) is 0 Å². The van der Waals surface area contributed by atoms with Crippen LogP contribution in [0.1, 0.15) is 26.7 Å². The summed E-state index contributed by atoms with van der Waals surface area (Å²) in [6.07, 6.45) is 2.35. The summed E-state index contributed by atoms with van der Waals surface area (Å²) in [5.74, 6) is 1.07. The van der Waals surface area contributed by atoms with E-state index in [2.05, 4.69) is 29.7 Å². The predicted molar refractivity (Wildman–Crippen MR) is 38.1 cm³/mol. The van der Waals surface area contributed by atoms with Gasteiger partial charge in [0.15, 0.2) is 0 Å². The monoisotopic (exact) mass is 127 g/mol. The van der Waals surface area contributed by atoms with Crippen molar-refractivity contribution < 1.29 is 0 Å². The molecule has 0 aromatic carbocycles. The van der Waals surface area contributed by atoms with Gasteiger partial charge in [-0.05, 0) is 6.42 Å². The van der Waals surface area contributed by atoms with Crippen LogP contribution in [0, 0.1) is 0 Å². The van der Waals surface area contributed by atoms with Gasteiger partial charge < -0.3 is 5.43 Å². The summed E-state index contributed by atoms with van der Waals surface area (Å²) < 4.78 is 0. The van der Waals surface area contributed by atoms with E-state index in [0.717, 1.165) is 18.7 Å². The largest absolute Gasteiger partial charge is 0.308 e. The maximum absolute atomic E-state index is 4.32. The lowest BCUT2D eigenvalue weighted by atomic mass is 10.4. The Morgan fingerprint density at radius 1 is 1.56 bits per heavy atom. The van der Waals surface area contributed by atoms with Crippen LogP contribution >= 0.6 is 0 Å². The van der Waals surface area contributed by atoms with Crippen LogP contribution in [0.15, 0.2) is 4.99 Å². The van der Waals surface area contributed by atoms with Crippen LogP contribution in [-0.4, -0.2) is 12.0 Å². The highest BCUT2D eigenvalue weighted by molar-refractivity contribution is 5.82. The molecule has 0 saturated heterocycles. The van der Waals surface area contributed by atoms with Crippen molar-refractivity contribution in [3.05, 3.63) is 0 Å². The molecule has 52 valence electrons. The summed E-state index contributed by atoms with van der Waals surface area (Å²) in [7, 11) is 0. The molecule has 0 radical (unpaired) electrons. The maximum Gasteiger partial charge on any atom is 0.118 e. The molecule has 2 N–H and O–H groups in total. The Hall–Kier alpha value is -0.570. The van der Waals surface area contributed by atoms with E-state index in [1.807, 2.05) is 0 Å². The minimum absolute atomic E-state index is 0.306. The molecule has 1 aliphatic heterocycles. The summed E-state index contributed by atoms with van der Waals surface area (Å²) >= 11 is 0. The molecule has 1 aliphatic rings. The second-order valence-electron chi connectivity index (χ2n) is 2.12. The fraction of sp³-hybridized carbons (Fsp3) is 0.833. The lowest BCUT2D eigenvalue weighted by Gasteiger charge is -2.00. The highest BCUT2D eigenvalue weighted by Crippen LogP contribution is 1.98. The zero-order valence-corrected chi connectivity index (χ0v) is 5.94. The van der Waals surface area contributed by atoms with Crippen molar-refractivity contribution in [1.29, 1.82) is 0 Å². The number of nitrogens with zero attached hydrogens (tertiary/aromatic N) is 1. The molecule has 0 spiro atoms. The van der Waals surface area contributed by atoms with Gasteiger partial charge in [0.2, 0.25) is 0 Å². The molecule has 0 saturated carbocycles. The number of hydrazine groups is 1. The lowest BCUT2D eigenvalue weighted by molar-refractivity contribution is 0.533. The van der Waals surface area contributed by atoms with Crippen LogP contribution < -0.4 is 10.9 Å². The molecule has 0 fully saturated rings. The first-order chi connectivity index (χ1) is 4.36. The van der Waals surface area contributed by atoms with Gasteiger partial charge in [-0.2, -0.15) is 0 Å². The molecule has 3 heteroatoms. The molecule has 0 aliphatic carbocycles. The Morgan fingerprint density at radius 3 is 2.67 bits per heavy atom. The SMILES string of the molecule is CCC1=NC(CC)NN1. The average molecular weight is 127 g/mol. The van der Waals surface area contributed by atoms with Crippen LogP contribution in [0.3, 0.4) is 0 Å². The fourth-order valence-corrected chi connectivity index (χ4v) is 0.792. The Kier molecular flexibility index (Phi) is 2.05. The maximum atomic E-state index is 4.32. The van der Waals surface area contributed by atoms with Gasteiger partial charge >= 0.3 is 0 Å². The highest BCUT2D eigenvalue weighted by Gasteiger charge is 2.10. The smallest absolute Gasteiger partial charge is 0.118 e. The van der Waals surface area contributed by atoms with E-state index in [-0.39, 0.29) is 0 Å². The molecular formula is C6H13N3. The topological polar surface area (TPSA) is 36.4 Å². The third kappa shape index (κ3) is 1.42. The number of nitrogens with one attached hydrogen (secondary N) is 2. The number of rotatable bonds is 2. The average Bonchev–Trinajstić information content (AvgIpc) is 2.34. The van der Waals surface area contributed by atoms with Crippen molar-refractivity contribution in [2.24, 2.45) is 4.99 Å². The van der Waals surface area contributed by atoms with Gasteiger partial charge in [0.1, 0.15) is 12.0 Å². The van der Waals surface area contributed by atoms with E-state index >= 15 is 0 Å². The van der Waals surface area contributed by atoms with Gasteiger partial charge in [-0.1, -0.05) is 13.8 Å². The minimum atomic E-state index is 0.306. The van der Waals surface area contributed by atoms with Crippen LogP contribution in [0.25, 0.3) is 0 Å². The van der Waals surface area contributed by atoms with Gasteiger partial charge in [-0.25, -0.2) is 5.43 Å². The van der Waals surface area contributed by atoms with E-state index in [4.69, 9.17) is 0 Å². The molecule has 0 aromatic heterocycles. The molecule has 1 unspecified atom stereocenters. The molecule has 3 nitrogen and oxygen atoms in total. The zero-order valence-electron chi connectivity index (χ0n) is 5.94. The van der Waals surface area contributed by atoms with Crippen molar-refractivity contribution >= 4 is 5.84 Å². The van der Waals surface area contributed by atoms with Crippen molar-refractivity contribution in [2.75, 3.05) is 0 Å². The highest BCUT2D eigenvalue weighted by atomic mass is 15.5. The van der Waals surface area contributed by atoms with E-state index in [0.29, 0.717) is 6.17 Å². The summed E-state index contributed by atoms with van der Waals surface area (Å²) in [6.45, 7) is 4.20. The number of aliphatic imine (C=N–C) groups is 1. The molecular weight excluding hydrogens is 114 g/mol. The summed E-state index contributed by atoms with van der Waals surface area (Å²) in [4.78, 5) is 4.32. The zero-order chi connectivity index (χ0) is 6.69. The van der Waals surface area contributed by atoms with E-state index in [1.165, 1.54) is 0 Å². The van der Waals surface area contributed by atoms with Crippen molar-refractivity contribution in [1.82, 2.24) is 10.9 Å². The van der Waals surface area contributed by atoms with Crippen molar-refractivity contribution in [3.8, 4) is 0 Å².